The zero-order valence-electron chi connectivity index (χ0n) is 14.9. The normalized spacial score (nSPS) is 11.8. The lowest BCUT2D eigenvalue weighted by Crippen LogP contribution is -2.20. The van der Waals surface area contributed by atoms with Gasteiger partial charge in [0, 0.05) is 12.1 Å². The summed E-state index contributed by atoms with van der Waals surface area (Å²) in [5.74, 6) is 0.370. The molecule has 0 fully saturated rings. The molecule has 25 heavy (non-hydrogen) atoms. The summed E-state index contributed by atoms with van der Waals surface area (Å²) < 4.78 is 16.0. The Morgan fingerprint density at radius 2 is 1.80 bits per heavy atom. The standard InChI is InChI=1S/C18H27NO6/c1-3-5-6-15(4-2)18(20)25-14-12-23-11-13-24-17-9-7-16(8-10-17)19(21)22/h7-10,15H,3-6,11-14H2,1-2H3. The molecule has 140 valence electrons. The van der Waals surface area contributed by atoms with Crippen LogP contribution in [0.2, 0.25) is 0 Å². The highest BCUT2D eigenvalue weighted by atomic mass is 16.6. The van der Waals surface area contributed by atoms with Gasteiger partial charge >= 0.3 is 5.97 Å². The number of non-ortho nitro benzene ring substituents is 1. The summed E-state index contributed by atoms with van der Waals surface area (Å²) in [6, 6.07) is 5.86. The summed E-state index contributed by atoms with van der Waals surface area (Å²) in [7, 11) is 0. The molecule has 1 aromatic carbocycles. The van der Waals surface area contributed by atoms with Crippen LogP contribution >= 0.6 is 0 Å². The Morgan fingerprint density at radius 1 is 1.12 bits per heavy atom. The number of rotatable bonds is 13. The Balaban J connectivity index is 2.09. The number of carbonyl (C=O) groups is 1. The van der Waals surface area contributed by atoms with E-state index in [1.54, 1.807) is 12.1 Å². The van der Waals surface area contributed by atoms with Gasteiger partial charge in [0.15, 0.2) is 0 Å². The minimum Gasteiger partial charge on any atom is -0.491 e. The van der Waals surface area contributed by atoms with Crippen molar-refractivity contribution in [3.05, 3.63) is 34.4 Å². The third-order valence-electron chi connectivity index (χ3n) is 3.75. The van der Waals surface area contributed by atoms with Gasteiger partial charge in [0.1, 0.15) is 19.0 Å². The van der Waals surface area contributed by atoms with Gasteiger partial charge in [-0.05, 0) is 25.0 Å². The van der Waals surface area contributed by atoms with Gasteiger partial charge in [0.25, 0.3) is 5.69 Å². The summed E-state index contributed by atoms with van der Waals surface area (Å²) >= 11 is 0. The van der Waals surface area contributed by atoms with Crippen LogP contribution in [0.5, 0.6) is 5.75 Å². The van der Waals surface area contributed by atoms with E-state index in [0.717, 1.165) is 25.7 Å². The Kier molecular flexibility index (Phi) is 10.2. The topological polar surface area (TPSA) is 87.9 Å². The van der Waals surface area contributed by atoms with Gasteiger partial charge in [0.2, 0.25) is 0 Å². The second-order valence-corrected chi connectivity index (χ2v) is 5.63. The van der Waals surface area contributed by atoms with Crippen LogP contribution in [0.1, 0.15) is 39.5 Å². The highest BCUT2D eigenvalue weighted by molar-refractivity contribution is 5.72. The number of unbranched alkanes of at least 4 members (excludes halogenated alkanes) is 1. The van der Waals surface area contributed by atoms with E-state index < -0.39 is 4.92 Å². The first kappa shape index (κ1) is 20.9. The third kappa shape index (κ3) is 8.49. The first-order valence-corrected chi connectivity index (χ1v) is 8.70. The number of benzene rings is 1. The second-order valence-electron chi connectivity index (χ2n) is 5.63. The van der Waals surface area contributed by atoms with Crippen LogP contribution in [-0.2, 0) is 14.3 Å². The summed E-state index contributed by atoms with van der Waals surface area (Å²) in [6.07, 6.45) is 3.77. The van der Waals surface area contributed by atoms with E-state index in [1.165, 1.54) is 12.1 Å². The van der Waals surface area contributed by atoms with Crippen LogP contribution in [0, 0.1) is 16.0 Å². The van der Waals surface area contributed by atoms with E-state index in [0.29, 0.717) is 25.6 Å². The van der Waals surface area contributed by atoms with Gasteiger partial charge in [-0.3, -0.25) is 14.9 Å². The molecule has 1 atom stereocenters. The van der Waals surface area contributed by atoms with E-state index in [9.17, 15) is 14.9 Å². The smallest absolute Gasteiger partial charge is 0.308 e. The predicted octanol–water partition coefficient (Wildman–Crippen LogP) is 3.75. The minimum atomic E-state index is -0.459. The molecule has 0 amide bonds. The quantitative estimate of drug-likeness (QED) is 0.232. The molecule has 0 aliphatic heterocycles. The number of esters is 1. The van der Waals surface area contributed by atoms with Gasteiger partial charge in [-0.15, -0.1) is 0 Å². The molecular weight excluding hydrogens is 326 g/mol. The number of nitrogens with zero attached hydrogens (tertiary/aromatic N) is 1. The maximum atomic E-state index is 11.9. The molecule has 1 aromatic rings. The lowest BCUT2D eigenvalue weighted by atomic mass is 10.00. The zero-order valence-corrected chi connectivity index (χ0v) is 14.9. The second kappa shape index (κ2) is 12.2. The first-order chi connectivity index (χ1) is 12.1. The van der Waals surface area contributed by atoms with Crippen molar-refractivity contribution >= 4 is 11.7 Å². The predicted molar refractivity (Wildman–Crippen MR) is 93.7 cm³/mol. The molecule has 0 bridgehead atoms. The molecule has 0 aliphatic carbocycles. The van der Waals surface area contributed by atoms with Crippen molar-refractivity contribution in [3.63, 3.8) is 0 Å². The highest BCUT2D eigenvalue weighted by Gasteiger charge is 2.16. The van der Waals surface area contributed by atoms with Crippen LogP contribution in [0.25, 0.3) is 0 Å². The van der Waals surface area contributed by atoms with Crippen molar-refractivity contribution in [2.45, 2.75) is 39.5 Å². The Bertz CT molecular complexity index is 517. The molecule has 1 rings (SSSR count). The number of carbonyl (C=O) groups excluding carboxylic acids is 1. The third-order valence-corrected chi connectivity index (χ3v) is 3.75. The number of nitro groups is 1. The molecule has 7 heteroatoms. The molecule has 0 aromatic heterocycles. The van der Waals surface area contributed by atoms with Gasteiger partial charge in [-0.2, -0.15) is 0 Å². The maximum Gasteiger partial charge on any atom is 0.308 e. The van der Waals surface area contributed by atoms with E-state index in [-0.39, 0.29) is 24.2 Å². The number of hydrogen-bond acceptors (Lipinski definition) is 6. The average Bonchev–Trinajstić information content (AvgIpc) is 2.62. The van der Waals surface area contributed by atoms with Crippen molar-refractivity contribution < 1.29 is 23.9 Å². The molecule has 0 saturated carbocycles. The van der Waals surface area contributed by atoms with Crippen molar-refractivity contribution in [2.75, 3.05) is 26.4 Å². The highest BCUT2D eigenvalue weighted by Crippen LogP contribution is 2.17. The largest absolute Gasteiger partial charge is 0.491 e. The average molecular weight is 353 g/mol. The lowest BCUT2D eigenvalue weighted by Gasteiger charge is -2.13. The number of hydrogen-bond donors (Lipinski definition) is 0. The van der Waals surface area contributed by atoms with Crippen LogP contribution in [0.15, 0.2) is 24.3 Å². The summed E-state index contributed by atoms with van der Waals surface area (Å²) in [5, 5.41) is 10.5. The molecule has 0 heterocycles. The van der Waals surface area contributed by atoms with Gasteiger partial charge < -0.3 is 14.2 Å². The van der Waals surface area contributed by atoms with E-state index in [4.69, 9.17) is 14.2 Å². The molecule has 7 nitrogen and oxygen atoms in total. The summed E-state index contributed by atoms with van der Waals surface area (Å²) in [6.45, 7) is 5.32. The SMILES string of the molecule is CCCCC(CC)C(=O)OCCOCCOc1ccc([N+](=O)[O-])cc1. The number of nitro benzene ring substituents is 1. The fourth-order valence-electron chi connectivity index (χ4n) is 2.24. The molecule has 0 aliphatic rings. The van der Waals surface area contributed by atoms with Crippen molar-refractivity contribution in [3.8, 4) is 5.75 Å². The molecule has 0 radical (unpaired) electrons. The Labute approximate surface area is 148 Å². The van der Waals surface area contributed by atoms with Gasteiger partial charge in [0.05, 0.1) is 24.1 Å². The first-order valence-electron chi connectivity index (χ1n) is 8.70. The molecule has 0 saturated heterocycles. The van der Waals surface area contributed by atoms with Gasteiger partial charge in [-0.25, -0.2) is 0 Å². The lowest BCUT2D eigenvalue weighted by molar-refractivity contribution is -0.384. The Hall–Kier alpha value is -2.15. The molecule has 1 unspecified atom stereocenters. The number of ether oxygens (including phenoxy) is 3. The van der Waals surface area contributed by atoms with Gasteiger partial charge in [-0.1, -0.05) is 26.7 Å². The van der Waals surface area contributed by atoms with Crippen molar-refractivity contribution in [2.24, 2.45) is 5.92 Å². The maximum absolute atomic E-state index is 11.9. The van der Waals surface area contributed by atoms with E-state index in [2.05, 4.69) is 6.92 Å². The van der Waals surface area contributed by atoms with Crippen LogP contribution < -0.4 is 4.74 Å². The molecule has 0 spiro atoms. The van der Waals surface area contributed by atoms with Crippen LogP contribution in [0.4, 0.5) is 5.69 Å². The minimum absolute atomic E-state index is 0.0228. The van der Waals surface area contributed by atoms with Crippen LogP contribution in [-0.4, -0.2) is 37.3 Å². The summed E-state index contributed by atoms with van der Waals surface area (Å²) in [5.41, 5.74) is 0.0229. The monoisotopic (exact) mass is 353 g/mol. The summed E-state index contributed by atoms with van der Waals surface area (Å²) in [4.78, 5) is 22.0. The van der Waals surface area contributed by atoms with Crippen LogP contribution in [0.3, 0.4) is 0 Å². The molecule has 0 N–H and O–H groups in total. The van der Waals surface area contributed by atoms with Crippen molar-refractivity contribution in [1.29, 1.82) is 0 Å². The van der Waals surface area contributed by atoms with Crippen molar-refractivity contribution in [1.82, 2.24) is 0 Å². The fraction of sp³-hybridized carbons (Fsp3) is 0.611. The van der Waals surface area contributed by atoms with E-state index >= 15 is 0 Å². The molecular formula is C18H27NO6. The fourth-order valence-corrected chi connectivity index (χ4v) is 2.24. The Morgan fingerprint density at radius 3 is 2.40 bits per heavy atom. The zero-order chi connectivity index (χ0) is 18.5. The van der Waals surface area contributed by atoms with E-state index in [1.807, 2.05) is 6.92 Å².